The molecule has 4 heteroatoms. The summed E-state index contributed by atoms with van der Waals surface area (Å²) in [6.45, 7) is 1.72. The first-order valence-corrected chi connectivity index (χ1v) is 8.56. The van der Waals surface area contributed by atoms with Gasteiger partial charge in [0.05, 0.1) is 11.8 Å². The summed E-state index contributed by atoms with van der Waals surface area (Å²) in [6.07, 6.45) is 4.44. The molecule has 1 aromatic rings. The molecule has 3 aliphatic rings. The van der Waals surface area contributed by atoms with Gasteiger partial charge in [-0.05, 0) is 36.7 Å². The van der Waals surface area contributed by atoms with Crippen LogP contribution in [0.5, 0.6) is 0 Å². The fraction of sp³-hybridized carbons (Fsp3) is 0.450. The van der Waals surface area contributed by atoms with Crippen molar-refractivity contribution in [1.82, 2.24) is 4.90 Å². The standard InChI is InChI=1S/C20H19N3O/c21-12-14-10-20(11-14)5-7-23(8-6-20)19-16-4-2-1-3-15(16)9-18(24)17(19)13-22/h1-4,14H,5-11H2. The molecule has 1 heterocycles. The number of carbonyl (C=O) groups excluding carboxylic acids is 1. The third kappa shape index (κ3) is 2.22. The van der Waals surface area contributed by atoms with Crippen LogP contribution in [0.3, 0.4) is 0 Å². The highest BCUT2D eigenvalue weighted by Crippen LogP contribution is 2.53. The molecule has 1 aromatic carbocycles. The average molecular weight is 317 g/mol. The molecule has 0 radical (unpaired) electrons. The molecule has 1 saturated heterocycles. The summed E-state index contributed by atoms with van der Waals surface area (Å²) >= 11 is 0. The molecule has 0 bridgehead atoms. The van der Waals surface area contributed by atoms with Gasteiger partial charge in [-0.25, -0.2) is 0 Å². The monoisotopic (exact) mass is 317 g/mol. The zero-order valence-corrected chi connectivity index (χ0v) is 13.6. The number of allylic oxidation sites excluding steroid dienone is 1. The van der Waals surface area contributed by atoms with Gasteiger partial charge < -0.3 is 4.90 Å². The smallest absolute Gasteiger partial charge is 0.179 e. The van der Waals surface area contributed by atoms with Crippen LogP contribution in [0.25, 0.3) is 5.70 Å². The van der Waals surface area contributed by atoms with Crippen LogP contribution < -0.4 is 0 Å². The maximum Gasteiger partial charge on any atom is 0.179 e. The summed E-state index contributed by atoms with van der Waals surface area (Å²) in [5, 5.41) is 18.5. The van der Waals surface area contributed by atoms with Crippen molar-refractivity contribution in [1.29, 1.82) is 10.5 Å². The van der Waals surface area contributed by atoms with Gasteiger partial charge in [0, 0.05) is 31.0 Å². The van der Waals surface area contributed by atoms with E-state index in [4.69, 9.17) is 5.26 Å². The van der Waals surface area contributed by atoms with Gasteiger partial charge in [0.2, 0.25) is 0 Å². The average Bonchev–Trinajstić information content (AvgIpc) is 2.58. The number of nitrogens with zero attached hydrogens (tertiary/aromatic N) is 3. The second kappa shape index (κ2) is 5.49. The van der Waals surface area contributed by atoms with Crippen LogP contribution in [-0.4, -0.2) is 23.8 Å². The van der Waals surface area contributed by atoms with Gasteiger partial charge in [0.25, 0.3) is 0 Å². The van der Waals surface area contributed by atoms with Crippen LogP contribution in [0.4, 0.5) is 0 Å². The Morgan fingerprint density at radius 1 is 1.12 bits per heavy atom. The van der Waals surface area contributed by atoms with Gasteiger partial charge in [0.15, 0.2) is 5.78 Å². The summed E-state index contributed by atoms with van der Waals surface area (Å²) in [5.41, 5.74) is 3.52. The third-order valence-electron chi connectivity index (χ3n) is 5.93. The highest BCUT2D eigenvalue weighted by atomic mass is 16.1. The Kier molecular flexibility index (Phi) is 3.43. The van der Waals surface area contributed by atoms with Crippen LogP contribution in [-0.2, 0) is 11.2 Å². The zero-order valence-electron chi connectivity index (χ0n) is 13.6. The van der Waals surface area contributed by atoms with E-state index in [-0.39, 0.29) is 11.7 Å². The second-order valence-electron chi connectivity index (χ2n) is 7.31. The lowest BCUT2D eigenvalue weighted by atomic mass is 9.58. The van der Waals surface area contributed by atoms with E-state index in [1.165, 1.54) is 0 Å². The van der Waals surface area contributed by atoms with Crippen molar-refractivity contribution < 1.29 is 4.79 Å². The second-order valence-corrected chi connectivity index (χ2v) is 7.31. The number of piperidine rings is 1. The maximum absolute atomic E-state index is 12.4. The van der Waals surface area contributed by atoms with Gasteiger partial charge in [-0.3, -0.25) is 4.79 Å². The molecule has 0 amide bonds. The number of Topliss-reactive ketones (excluding diaryl/α,β-unsaturated/α-hetero) is 1. The predicted molar refractivity (Wildman–Crippen MR) is 89.3 cm³/mol. The Morgan fingerprint density at radius 2 is 1.83 bits per heavy atom. The van der Waals surface area contributed by atoms with Gasteiger partial charge in [-0.2, -0.15) is 10.5 Å². The molecular weight excluding hydrogens is 298 g/mol. The van der Waals surface area contributed by atoms with Crippen molar-refractivity contribution in [3.05, 3.63) is 41.0 Å². The van der Waals surface area contributed by atoms with Gasteiger partial charge in [-0.1, -0.05) is 24.3 Å². The molecule has 120 valence electrons. The lowest BCUT2D eigenvalue weighted by molar-refractivity contribution is -0.114. The lowest BCUT2D eigenvalue weighted by Gasteiger charge is -2.51. The minimum atomic E-state index is -0.0697. The molecule has 0 unspecified atom stereocenters. The van der Waals surface area contributed by atoms with E-state index in [0.29, 0.717) is 17.4 Å². The van der Waals surface area contributed by atoms with E-state index >= 15 is 0 Å². The van der Waals surface area contributed by atoms with Crippen molar-refractivity contribution in [3.8, 4) is 12.1 Å². The van der Waals surface area contributed by atoms with Crippen LogP contribution in [0.15, 0.2) is 29.8 Å². The summed E-state index contributed by atoms with van der Waals surface area (Å²) < 4.78 is 0. The minimum absolute atomic E-state index is 0.0697. The molecule has 2 aliphatic carbocycles. The van der Waals surface area contributed by atoms with E-state index in [1.54, 1.807) is 0 Å². The quantitative estimate of drug-likeness (QED) is 0.798. The largest absolute Gasteiger partial charge is 0.370 e. The SMILES string of the molecule is N#CC1=C(N2CCC3(CC2)CC(C#N)C3)c2ccccc2CC1=O. The van der Waals surface area contributed by atoms with Crippen LogP contribution >= 0.6 is 0 Å². The molecule has 24 heavy (non-hydrogen) atoms. The fourth-order valence-corrected chi connectivity index (χ4v) is 4.57. The van der Waals surface area contributed by atoms with Crippen LogP contribution in [0.2, 0.25) is 0 Å². The highest BCUT2D eigenvalue weighted by molar-refractivity contribution is 6.09. The molecule has 1 saturated carbocycles. The summed E-state index contributed by atoms with van der Waals surface area (Å²) in [7, 11) is 0. The van der Waals surface area contributed by atoms with Crippen LogP contribution in [0, 0.1) is 34.0 Å². The number of hydrogen-bond donors (Lipinski definition) is 0. The fourth-order valence-electron chi connectivity index (χ4n) is 4.57. The Hall–Kier alpha value is -2.59. The number of nitriles is 2. The number of carbonyl (C=O) groups is 1. The van der Waals surface area contributed by atoms with Crippen LogP contribution in [0.1, 0.15) is 36.8 Å². The Bertz CT molecular complexity index is 808. The molecule has 1 aliphatic heterocycles. The van der Waals surface area contributed by atoms with Gasteiger partial charge in [-0.15, -0.1) is 0 Å². The number of ketones is 1. The molecule has 0 atom stereocenters. The number of fused-ring (bicyclic) bond motifs is 1. The summed E-state index contributed by atoms with van der Waals surface area (Å²) in [4.78, 5) is 14.6. The van der Waals surface area contributed by atoms with E-state index in [1.807, 2.05) is 24.3 Å². The number of rotatable bonds is 1. The first-order valence-electron chi connectivity index (χ1n) is 8.56. The highest BCUT2D eigenvalue weighted by Gasteiger charge is 2.46. The first kappa shape index (κ1) is 15.0. The molecule has 4 rings (SSSR count). The number of hydrogen-bond acceptors (Lipinski definition) is 4. The topological polar surface area (TPSA) is 67.9 Å². The minimum Gasteiger partial charge on any atom is -0.370 e. The van der Waals surface area contributed by atoms with Gasteiger partial charge >= 0.3 is 0 Å². The number of benzene rings is 1. The van der Waals surface area contributed by atoms with Crippen molar-refractivity contribution in [3.63, 3.8) is 0 Å². The molecule has 0 N–H and O–H groups in total. The van der Waals surface area contributed by atoms with Crippen molar-refractivity contribution >= 4 is 11.5 Å². The summed E-state index contributed by atoms with van der Waals surface area (Å²) in [6, 6.07) is 12.4. The Labute approximate surface area is 142 Å². The zero-order chi connectivity index (χ0) is 16.7. The molecular formula is C20H19N3O. The van der Waals surface area contributed by atoms with E-state index in [9.17, 15) is 10.1 Å². The molecule has 0 aromatic heterocycles. The van der Waals surface area contributed by atoms with E-state index in [2.05, 4.69) is 17.0 Å². The molecule has 1 spiro atoms. The van der Waals surface area contributed by atoms with E-state index in [0.717, 1.165) is 55.6 Å². The van der Waals surface area contributed by atoms with Crippen molar-refractivity contribution in [2.24, 2.45) is 11.3 Å². The third-order valence-corrected chi connectivity index (χ3v) is 5.93. The predicted octanol–water partition coefficient (Wildman–Crippen LogP) is 3.06. The molecule has 2 fully saturated rings. The molecule has 4 nitrogen and oxygen atoms in total. The number of likely N-dealkylation sites (tertiary alicyclic amines) is 1. The lowest BCUT2D eigenvalue weighted by Crippen LogP contribution is -2.46. The normalized spacial score (nSPS) is 22.6. The van der Waals surface area contributed by atoms with E-state index < -0.39 is 0 Å². The van der Waals surface area contributed by atoms with Crippen molar-refractivity contribution in [2.45, 2.75) is 32.1 Å². The Balaban J connectivity index is 1.62. The first-order chi connectivity index (χ1) is 11.7. The Morgan fingerprint density at radius 3 is 2.50 bits per heavy atom. The van der Waals surface area contributed by atoms with Gasteiger partial charge in [0.1, 0.15) is 11.6 Å². The maximum atomic E-state index is 12.4. The summed E-state index contributed by atoms with van der Waals surface area (Å²) in [5.74, 6) is 0.155. The van der Waals surface area contributed by atoms with Crippen molar-refractivity contribution in [2.75, 3.05) is 13.1 Å².